The summed E-state index contributed by atoms with van der Waals surface area (Å²) in [7, 11) is 1.64. The highest BCUT2D eigenvalue weighted by Crippen LogP contribution is 2.34. The molecule has 5 nitrogen and oxygen atoms in total. The van der Waals surface area contributed by atoms with Gasteiger partial charge in [0.2, 0.25) is 11.8 Å². The summed E-state index contributed by atoms with van der Waals surface area (Å²) in [5, 5.41) is 6.88. The van der Waals surface area contributed by atoms with Gasteiger partial charge in [-0.15, -0.1) is 5.10 Å². The third kappa shape index (κ3) is 3.47. The molecule has 2 aromatic rings. The molecule has 0 saturated heterocycles. The summed E-state index contributed by atoms with van der Waals surface area (Å²) >= 11 is 10.8. The van der Waals surface area contributed by atoms with E-state index >= 15 is 0 Å². The van der Waals surface area contributed by atoms with Gasteiger partial charge in [-0.25, -0.2) is 9.67 Å². The lowest BCUT2D eigenvalue weighted by molar-refractivity contribution is -0.137. The van der Waals surface area contributed by atoms with Gasteiger partial charge in [0.1, 0.15) is 5.02 Å². The number of pyridine rings is 1. The van der Waals surface area contributed by atoms with Gasteiger partial charge in [0.25, 0.3) is 0 Å². The van der Waals surface area contributed by atoms with Crippen LogP contribution >= 0.6 is 23.8 Å². The molecular weight excluding hydrogens is 341 g/mol. The second kappa shape index (κ2) is 6.09. The smallest absolute Gasteiger partial charge is 0.417 e. The number of aryl methyl sites for hydroxylation is 1. The molecule has 0 aliphatic carbocycles. The maximum absolute atomic E-state index is 12.5. The van der Waals surface area contributed by atoms with Crippen LogP contribution in [0, 0.1) is 6.92 Å². The number of alkyl halides is 3. The molecule has 0 aliphatic heterocycles. The number of halogens is 4. The highest BCUT2D eigenvalue weighted by atomic mass is 35.5. The first-order valence-electron chi connectivity index (χ1n) is 5.91. The molecule has 0 spiro atoms. The molecule has 0 radical (unpaired) electrons. The second-order valence-corrected chi connectivity index (χ2v) is 5.00. The lowest BCUT2D eigenvalue weighted by atomic mass is 10.3. The standard InChI is InChI=1S/C12H10ClF3N4OS/c1-6-3-9(19-20(6)11(22)17-2)21-10-8(13)4-7(5-18-10)12(14,15)16/h3-5H,1-2H3,(H,17,22). The molecule has 0 saturated carbocycles. The molecular formula is C12H10ClF3N4OS. The molecule has 10 heteroatoms. The van der Waals surface area contributed by atoms with Crippen LogP contribution in [0.25, 0.3) is 0 Å². The van der Waals surface area contributed by atoms with E-state index < -0.39 is 11.7 Å². The first-order valence-corrected chi connectivity index (χ1v) is 6.70. The molecule has 0 atom stereocenters. The van der Waals surface area contributed by atoms with E-state index in [-0.39, 0.29) is 16.8 Å². The minimum atomic E-state index is -4.52. The molecule has 1 N–H and O–H groups in total. The van der Waals surface area contributed by atoms with E-state index in [0.717, 1.165) is 6.07 Å². The third-order valence-electron chi connectivity index (χ3n) is 2.61. The van der Waals surface area contributed by atoms with Crippen molar-refractivity contribution >= 4 is 28.9 Å². The van der Waals surface area contributed by atoms with Gasteiger partial charge in [0.05, 0.1) is 5.56 Å². The van der Waals surface area contributed by atoms with Gasteiger partial charge < -0.3 is 10.1 Å². The van der Waals surface area contributed by atoms with Crippen LogP contribution in [0.1, 0.15) is 11.3 Å². The number of nitrogens with one attached hydrogen (secondary N) is 1. The van der Waals surface area contributed by atoms with Crippen LogP contribution in [0.5, 0.6) is 11.8 Å². The Morgan fingerprint density at radius 2 is 2.09 bits per heavy atom. The van der Waals surface area contributed by atoms with E-state index in [4.69, 9.17) is 28.6 Å². The number of nitrogens with zero attached hydrogens (tertiary/aromatic N) is 3. The minimum absolute atomic E-state index is 0.115. The molecule has 2 heterocycles. The molecule has 0 aliphatic rings. The molecule has 0 unspecified atom stereocenters. The predicted octanol–water partition coefficient (Wildman–Crippen LogP) is 3.40. The zero-order valence-electron chi connectivity index (χ0n) is 11.4. The Hall–Kier alpha value is -1.87. The van der Waals surface area contributed by atoms with Crippen molar-refractivity contribution in [1.82, 2.24) is 20.1 Å². The van der Waals surface area contributed by atoms with Crippen molar-refractivity contribution < 1.29 is 17.9 Å². The van der Waals surface area contributed by atoms with E-state index in [1.54, 1.807) is 20.0 Å². The number of ether oxygens (including phenoxy) is 1. The average Bonchev–Trinajstić information content (AvgIpc) is 2.80. The molecule has 118 valence electrons. The van der Waals surface area contributed by atoms with E-state index in [1.165, 1.54) is 4.68 Å². The summed E-state index contributed by atoms with van der Waals surface area (Å²) < 4.78 is 44.3. The molecule has 0 bridgehead atoms. The summed E-state index contributed by atoms with van der Waals surface area (Å²) in [4.78, 5) is 3.57. The van der Waals surface area contributed by atoms with Crippen molar-refractivity contribution in [3.8, 4) is 11.8 Å². The zero-order valence-corrected chi connectivity index (χ0v) is 13.0. The van der Waals surface area contributed by atoms with Gasteiger partial charge in [-0.05, 0) is 25.2 Å². The minimum Gasteiger partial charge on any atom is -0.417 e. The number of thiocarbonyl (C=S) groups is 1. The van der Waals surface area contributed by atoms with Gasteiger partial charge in [-0.3, -0.25) is 0 Å². The van der Waals surface area contributed by atoms with Crippen LogP contribution in [-0.2, 0) is 6.18 Å². The first-order chi connectivity index (χ1) is 10.2. The van der Waals surface area contributed by atoms with Gasteiger partial charge in [0, 0.05) is 25.0 Å². The quantitative estimate of drug-likeness (QED) is 0.841. The Balaban J connectivity index is 2.26. The molecule has 22 heavy (non-hydrogen) atoms. The first kappa shape index (κ1) is 16.5. The Morgan fingerprint density at radius 1 is 1.41 bits per heavy atom. The summed E-state index contributed by atoms with van der Waals surface area (Å²) in [5.41, 5.74) is -0.277. The van der Waals surface area contributed by atoms with Crippen molar-refractivity contribution in [1.29, 1.82) is 0 Å². The van der Waals surface area contributed by atoms with Crippen LogP contribution in [0.15, 0.2) is 18.3 Å². The fourth-order valence-corrected chi connectivity index (χ4v) is 1.95. The topological polar surface area (TPSA) is 52.0 Å². The van der Waals surface area contributed by atoms with E-state index in [2.05, 4.69) is 15.4 Å². The monoisotopic (exact) mass is 350 g/mol. The van der Waals surface area contributed by atoms with E-state index in [0.29, 0.717) is 17.0 Å². The highest BCUT2D eigenvalue weighted by molar-refractivity contribution is 7.80. The Morgan fingerprint density at radius 3 is 2.64 bits per heavy atom. The fourth-order valence-electron chi connectivity index (χ4n) is 1.56. The second-order valence-electron chi connectivity index (χ2n) is 4.20. The summed E-state index contributed by atoms with van der Waals surface area (Å²) in [6, 6.07) is 2.30. The van der Waals surface area contributed by atoms with Gasteiger partial charge in [-0.2, -0.15) is 13.2 Å². The van der Waals surface area contributed by atoms with E-state index in [9.17, 15) is 13.2 Å². The number of rotatable bonds is 2. The van der Waals surface area contributed by atoms with E-state index in [1.807, 2.05) is 0 Å². The number of hydrogen-bond acceptors (Lipinski definition) is 4. The third-order valence-corrected chi connectivity index (χ3v) is 3.26. The Kier molecular flexibility index (Phi) is 4.57. The van der Waals surface area contributed by atoms with Crippen LogP contribution in [0.2, 0.25) is 5.02 Å². The maximum Gasteiger partial charge on any atom is 0.417 e. The molecule has 2 rings (SSSR count). The van der Waals surface area contributed by atoms with Crippen molar-refractivity contribution in [2.45, 2.75) is 13.1 Å². The van der Waals surface area contributed by atoms with Crippen molar-refractivity contribution in [3.05, 3.63) is 34.6 Å². The van der Waals surface area contributed by atoms with Crippen molar-refractivity contribution in [2.24, 2.45) is 0 Å². The van der Waals surface area contributed by atoms with Crippen LogP contribution in [0.4, 0.5) is 13.2 Å². The zero-order chi connectivity index (χ0) is 16.5. The summed E-state index contributed by atoms with van der Waals surface area (Å²) in [6.45, 7) is 1.74. The number of hydrogen-bond donors (Lipinski definition) is 1. The molecule has 0 fully saturated rings. The summed E-state index contributed by atoms with van der Waals surface area (Å²) in [6.07, 6.45) is -3.88. The Bertz CT molecular complexity index is 717. The van der Waals surface area contributed by atoms with Gasteiger partial charge >= 0.3 is 6.18 Å². The maximum atomic E-state index is 12.5. The van der Waals surface area contributed by atoms with Gasteiger partial charge in [0.15, 0.2) is 5.11 Å². The SMILES string of the molecule is CNC(=S)n1nc(Oc2ncc(C(F)(F)F)cc2Cl)cc1C. The molecule has 2 aromatic heterocycles. The predicted molar refractivity (Wildman–Crippen MR) is 78.3 cm³/mol. The lowest BCUT2D eigenvalue weighted by Crippen LogP contribution is -2.26. The normalized spacial score (nSPS) is 11.4. The average molecular weight is 351 g/mol. The summed E-state index contributed by atoms with van der Waals surface area (Å²) in [5.74, 6) is -0.0565. The van der Waals surface area contributed by atoms with Gasteiger partial charge in [-0.1, -0.05) is 11.6 Å². The Labute approximate surface area is 134 Å². The van der Waals surface area contributed by atoms with Crippen LogP contribution in [-0.4, -0.2) is 26.9 Å². The van der Waals surface area contributed by atoms with Crippen LogP contribution in [0.3, 0.4) is 0 Å². The van der Waals surface area contributed by atoms with Crippen LogP contribution < -0.4 is 10.1 Å². The number of aromatic nitrogens is 3. The fraction of sp³-hybridized carbons (Fsp3) is 0.250. The molecule has 0 aromatic carbocycles. The largest absolute Gasteiger partial charge is 0.417 e. The lowest BCUT2D eigenvalue weighted by Gasteiger charge is -2.08. The van der Waals surface area contributed by atoms with Crippen molar-refractivity contribution in [3.63, 3.8) is 0 Å². The van der Waals surface area contributed by atoms with Crippen molar-refractivity contribution in [2.75, 3.05) is 7.05 Å². The molecule has 0 amide bonds. The highest BCUT2D eigenvalue weighted by Gasteiger charge is 2.31.